The third-order valence-electron chi connectivity index (χ3n) is 3.43. The van der Waals surface area contributed by atoms with Crippen LogP contribution in [0.15, 0.2) is 23.1 Å². The van der Waals surface area contributed by atoms with E-state index in [0.717, 1.165) is 29.9 Å². The van der Waals surface area contributed by atoms with Gasteiger partial charge in [0, 0.05) is 15.8 Å². The number of hydrogen-bond acceptors (Lipinski definition) is 2. The van der Waals surface area contributed by atoms with Crippen molar-refractivity contribution in [1.29, 1.82) is 0 Å². The molecule has 0 amide bonds. The van der Waals surface area contributed by atoms with Crippen LogP contribution in [0.2, 0.25) is 0 Å². The number of hydrogen-bond donors (Lipinski definition) is 1. The molecule has 1 aromatic carbocycles. The van der Waals surface area contributed by atoms with Crippen molar-refractivity contribution in [3.8, 4) is 0 Å². The predicted molar refractivity (Wildman–Crippen MR) is 73.2 cm³/mol. The molecule has 0 heterocycles. The van der Waals surface area contributed by atoms with E-state index >= 15 is 0 Å². The van der Waals surface area contributed by atoms with Crippen molar-refractivity contribution in [3.05, 3.63) is 23.8 Å². The summed E-state index contributed by atoms with van der Waals surface area (Å²) in [6, 6.07) is 3.67. The van der Waals surface area contributed by atoms with Crippen molar-refractivity contribution in [2.45, 2.75) is 54.8 Å². The Morgan fingerprint density at radius 2 is 1.68 bits per heavy atom. The Kier molecular flexibility index (Phi) is 4.66. The number of alkyl halides is 3. The maximum absolute atomic E-state index is 12.5. The lowest BCUT2D eigenvalue weighted by molar-refractivity contribution is -0.137. The fraction of sp³-hybridized carbons (Fsp3) is 0.571. The van der Waals surface area contributed by atoms with Crippen molar-refractivity contribution < 1.29 is 13.2 Å². The zero-order valence-corrected chi connectivity index (χ0v) is 11.5. The molecule has 106 valence electrons. The van der Waals surface area contributed by atoms with Crippen LogP contribution in [0.1, 0.15) is 44.1 Å². The number of benzene rings is 1. The molecular formula is C14H18F3NS. The average molecular weight is 289 g/mol. The number of nitrogens with two attached hydrogens (primary N) is 1. The van der Waals surface area contributed by atoms with Gasteiger partial charge in [0.05, 0.1) is 5.56 Å². The van der Waals surface area contributed by atoms with Crippen molar-refractivity contribution in [2.24, 2.45) is 0 Å². The van der Waals surface area contributed by atoms with Gasteiger partial charge in [-0.15, -0.1) is 11.8 Å². The highest BCUT2D eigenvalue weighted by molar-refractivity contribution is 8.00. The van der Waals surface area contributed by atoms with E-state index in [0.29, 0.717) is 5.25 Å². The minimum atomic E-state index is -4.32. The van der Waals surface area contributed by atoms with Gasteiger partial charge in [0.1, 0.15) is 0 Å². The molecule has 0 radical (unpaired) electrons. The minimum Gasteiger partial charge on any atom is -0.398 e. The zero-order chi connectivity index (χ0) is 13.9. The standard InChI is InChI=1S/C14H18F3NS/c15-14(16,17)10-7-8-13(12(18)9-10)19-11-5-3-1-2-4-6-11/h7-9,11H,1-6,18H2. The molecule has 0 saturated heterocycles. The van der Waals surface area contributed by atoms with Crippen LogP contribution in [0.4, 0.5) is 18.9 Å². The summed E-state index contributed by atoms with van der Waals surface area (Å²) in [5, 5.41) is 0.488. The number of anilines is 1. The van der Waals surface area contributed by atoms with E-state index in [-0.39, 0.29) is 5.69 Å². The normalized spacial score (nSPS) is 18.3. The van der Waals surface area contributed by atoms with E-state index in [9.17, 15) is 13.2 Å². The molecule has 0 bridgehead atoms. The number of rotatable bonds is 2. The zero-order valence-electron chi connectivity index (χ0n) is 10.7. The lowest BCUT2D eigenvalue weighted by Gasteiger charge is -2.16. The first-order chi connectivity index (χ1) is 8.97. The molecule has 1 fully saturated rings. The van der Waals surface area contributed by atoms with Crippen molar-refractivity contribution in [1.82, 2.24) is 0 Å². The second-order valence-corrected chi connectivity index (χ2v) is 6.32. The number of halogens is 3. The molecule has 1 aliphatic rings. The van der Waals surface area contributed by atoms with Crippen LogP contribution in [0.5, 0.6) is 0 Å². The Labute approximate surface area is 115 Å². The van der Waals surface area contributed by atoms with Crippen LogP contribution >= 0.6 is 11.8 Å². The highest BCUT2D eigenvalue weighted by Gasteiger charge is 2.31. The first kappa shape index (κ1) is 14.6. The molecule has 2 rings (SSSR count). The maximum Gasteiger partial charge on any atom is 0.416 e. The molecule has 0 aromatic heterocycles. The third kappa shape index (κ3) is 4.06. The highest BCUT2D eigenvalue weighted by Crippen LogP contribution is 2.38. The molecule has 1 saturated carbocycles. The fourth-order valence-electron chi connectivity index (χ4n) is 2.37. The van der Waals surface area contributed by atoms with Gasteiger partial charge >= 0.3 is 6.18 Å². The van der Waals surface area contributed by atoms with Crippen LogP contribution in [-0.2, 0) is 6.18 Å². The summed E-state index contributed by atoms with van der Waals surface area (Å²) in [6.45, 7) is 0. The third-order valence-corrected chi connectivity index (χ3v) is 4.86. The Balaban J connectivity index is 2.08. The SMILES string of the molecule is Nc1cc(C(F)(F)F)ccc1SC1CCCCCC1. The van der Waals surface area contributed by atoms with Gasteiger partial charge in [-0.2, -0.15) is 13.2 Å². The summed E-state index contributed by atoms with van der Waals surface area (Å²) in [4.78, 5) is 0.778. The number of thioether (sulfide) groups is 1. The molecule has 0 spiro atoms. The molecule has 0 unspecified atom stereocenters. The van der Waals surface area contributed by atoms with E-state index in [1.807, 2.05) is 0 Å². The van der Waals surface area contributed by atoms with E-state index in [2.05, 4.69) is 0 Å². The van der Waals surface area contributed by atoms with E-state index in [1.54, 1.807) is 11.8 Å². The molecule has 1 nitrogen and oxygen atoms in total. The van der Waals surface area contributed by atoms with Crippen LogP contribution in [0, 0.1) is 0 Å². The van der Waals surface area contributed by atoms with Gasteiger partial charge in [-0.1, -0.05) is 25.7 Å². The van der Waals surface area contributed by atoms with Gasteiger partial charge in [0.2, 0.25) is 0 Å². The second-order valence-electron chi connectivity index (χ2n) is 4.98. The topological polar surface area (TPSA) is 26.0 Å². The van der Waals surface area contributed by atoms with Crippen LogP contribution in [-0.4, -0.2) is 5.25 Å². The second kappa shape index (κ2) is 6.07. The summed E-state index contributed by atoms with van der Waals surface area (Å²) >= 11 is 1.63. The van der Waals surface area contributed by atoms with Gasteiger partial charge < -0.3 is 5.73 Å². The molecule has 19 heavy (non-hydrogen) atoms. The quantitative estimate of drug-likeness (QED) is 0.605. The van der Waals surface area contributed by atoms with Crippen LogP contribution in [0.3, 0.4) is 0 Å². The largest absolute Gasteiger partial charge is 0.416 e. The van der Waals surface area contributed by atoms with E-state index in [4.69, 9.17) is 5.73 Å². The highest BCUT2D eigenvalue weighted by atomic mass is 32.2. The Morgan fingerprint density at radius 1 is 1.05 bits per heavy atom. The Hall–Kier alpha value is -0.840. The van der Waals surface area contributed by atoms with Crippen molar-refractivity contribution in [2.75, 3.05) is 5.73 Å². The monoisotopic (exact) mass is 289 g/mol. The van der Waals surface area contributed by atoms with Gasteiger partial charge in [0.15, 0.2) is 0 Å². The van der Waals surface area contributed by atoms with Gasteiger partial charge in [-0.05, 0) is 31.0 Å². The summed E-state index contributed by atoms with van der Waals surface area (Å²) < 4.78 is 37.6. The first-order valence-electron chi connectivity index (χ1n) is 6.60. The molecule has 1 aromatic rings. The molecule has 0 atom stereocenters. The first-order valence-corrected chi connectivity index (χ1v) is 7.48. The molecule has 1 aliphatic carbocycles. The molecular weight excluding hydrogens is 271 g/mol. The lowest BCUT2D eigenvalue weighted by atomic mass is 10.2. The van der Waals surface area contributed by atoms with Gasteiger partial charge in [-0.3, -0.25) is 0 Å². The van der Waals surface area contributed by atoms with Gasteiger partial charge in [0.25, 0.3) is 0 Å². The summed E-state index contributed by atoms with van der Waals surface area (Å²) in [6.07, 6.45) is 2.88. The van der Waals surface area contributed by atoms with E-state index in [1.165, 1.54) is 31.7 Å². The summed E-state index contributed by atoms with van der Waals surface area (Å²) in [7, 11) is 0. The van der Waals surface area contributed by atoms with Crippen molar-refractivity contribution >= 4 is 17.4 Å². The predicted octanol–water partition coefficient (Wildman–Crippen LogP) is 5.10. The molecule has 5 heteroatoms. The Bertz CT molecular complexity index is 423. The van der Waals surface area contributed by atoms with Gasteiger partial charge in [-0.25, -0.2) is 0 Å². The molecule has 2 N–H and O–H groups in total. The molecule has 0 aliphatic heterocycles. The lowest BCUT2D eigenvalue weighted by Crippen LogP contribution is -2.07. The minimum absolute atomic E-state index is 0.240. The van der Waals surface area contributed by atoms with Crippen LogP contribution < -0.4 is 5.73 Å². The maximum atomic E-state index is 12.5. The number of nitrogen functional groups attached to an aromatic ring is 1. The van der Waals surface area contributed by atoms with Crippen molar-refractivity contribution in [3.63, 3.8) is 0 Å². The average Bonchev–Trinajstić information content (AvgIpc) is 2.59. The summed E-state index contributed by atoms with van der Waals surface area (Å²) in [5.41, 5.74) is 5.32. The van der Waals surface area contributed by atoms with Crippen LogP contribution in [0.25, 0.3) is 0 Å². The smallest absolute Gasteiger partial charge is 0.398 e. The summed E-state index contributed by atoms with van der Waals surface area (Å²) in [5.74, 6) is 0. The Morgan fingerprint density at radius 3 is 2.21 bits per heavy atom. The fourth-order valence-corrected chi connectivity index (χ4v) is 3.64. The van der Waals surface area contributed by atoms with E-state index < -0.39 is 11.7 Å².